The Morgan fingerprint density at radius 3 is 2.41 bits per heavy atom. The van der Waals surface area contributed by atoms with Gasteiger partial charge in [-0.2, -0.15) is 4.57 Å². The summed E-state index contributed by atoms with van der Waals surface area (Å²) in [6.07, 6.45) is 2.01. The number of aliphatic hydroxyl groups is 2. The van der Waals surface area contributed by atoms with Crippen molar-refractivity contribution in [3.8, 4) is 0 Å². The lowest BCUT2D eigenvalue weighted by molar-refractivity contribution is -0.708. The van der Waals surface area contributed by atoms with Crippen molar-refractivity contribution in [3.05, 3.63) is 85.1 Å². The van der Waals surface area contributed by atoms with Crippen LogP contribution in [-0.4, -0.2) is 54.7 Å². The number of carbonyl (C=O) groups excluding carboxylic acids is 1. The molecule has 0 saturated carbocycles. The monoisotopic (exact) mass is 546 g/mol. The second-order valence-electron chi connectivity index (χ2n) is 8.84. The van der Waals surface area contributed by atoms with Crippen LogP contribution in [0, 0.1) is 0 Å². The predicted octanol–water partition coefficient (Wildman–Crippen LogP) is 3.07. The summed E-state index contributed by atoms with van der Waals surface area (Å²) in [7, 11) is 2.01. The quantitative estimate of drug-likeness (QED) is 0.103. The predicted molar refractivity (Wildman–Crippen MR) is 152 cm³/mol. The molecule has 0 saturated heterocycles. The molecule has 4 aromatic rings. The Bertz CT molecular complexity index is 1410. The summed E-state index contributed by atoms with van der Waals surface area (Å²) in [4.78, 5) is 14.8. The molecule has 0 aliphatic heterocycles. The van der Waals surface area contributed by atoms with Gasteiger partial charge in [-0.3, -0.25) is 4.79 Å². The van der Waals surface area contributed by atoms with Gasteiger partial charge in [0, 0.05) is 54.7 Å². The molecule has 1 amide bonds. The van der Waals surface area contributed by atoms with E-state index >= 15 is 0 Å². The summed E-state index contributed by atoms with van der Waals surface area (Å²) >= 11 is 1.69. The molecule has 0 radical (unpaired) electrons. The number of aliphatic hydroxyl groups excluding tert-OH is 2. The van der Waals surface area contributed by atoms with E-state index in [4.69, 9.17) is 0 Å². The van der Waals surface area contributed by atoms with Crippen LogP contribution in [0.3, 0.4) is 0 Å². The maximum atomic E-state index is 12.9. The fourth-order valence-electron chi connectivity index (χ4n) is 4.16. The number of para-hydroxylation sites is 1. The first-order valence-electron chi connectivity index (χ1n) is 12.8. The molecule has 39 heavy (non-hydrogen) atoms. The molecule has 2 heterocycles. The molecule has 0 spiro atoms. The van der Waals surface area contributed by atoms with Crippen molar-refractivity contribution in [2.75, 3.05) is 43.5 Å². The van der Waals surface area contributed by atoms with E-state index in [1.54, 1.807) is 11.8 Å². The number of hydrogen-bond acceptors (Lipinski definition) is 7. The van der Waals surface area contributed by atoms with E-state index in [2.05, 4.69) is 26.2 Å². The van der Waals surface area contributed by atoms with Gasteiger partial charge in [-0.05, 0) is 47.6 Å². The van der Waals surface area contributed by atoms with Gasteiger partial charge in [-0.25, -0.2) is 4.57 Å². The number of aromatic nitrogens is 2. The topological polar surface area (TPSA) is 105 Å². The van der Waals surface area contributed by atoms with Gasteiger partial charge >= 0.3 is 5.82 Å². The Kier molecular flexibility index (Phi) is 10.4. The smallest absolute Gasteiger partial charge is 0.351 e. The number of nitrogens with zero attached hydrogens (tertiary/aromatic N) is 5. The summed E-state index contributed by atoms with van der Waals surface area (Å²) in [5.41, 5.74) is 2.43. The van der Waals surface area contributed by atoms with Gasteiger partial charge in [0.1, 0.15) is 18.3 Å². The van der Waals surface area contributed by atoms with Crippen LogP contribution >= 0.6 is 11.8 Å². The molecule has 0 atom stereocenters. The number of nitrogens with one attached hydrogen (secondary N) is 1. The number of aryl methyl sites for hydroxylation is 1. The molecule has 4 rings (SSSR count). The summed E-state index contributed by atoms with van der Waals surface area (Å²) < 4.78 is 3.93. The molecule has 0 bridgehead atoms. The number of azo groups is 1. The molecule has 2 aromatic heterocycles. The Balaban J connectivity index is 1.46. The Morgan fingerprint density at radius 2 is 1.67 bits per heavy atom. The fraction of sp³-hybridized carbons (Fsp3) is 0.276. The third-order valence-corrected chi connectivity index (χ3v) is 7.25. The molecule has 10 heteroatoms. The lowest BCUT2D eigenvalue weighted by atomic mass is 10.2. The summed E-state index contributed by atoms with van der Waals surface area (Å²) in [6, 6.07) is 25.2. The van der Waals surface area contributed by atoms with Crippen LogP contribution in [0.2, 0.25) is 0 Å². The van der Waals surface area contributed by atoms with Crippen LogP contribution in [-0.2, 0) is 18.4 Å². The number of fused-ring (bicyclic) bond motifs is 1. The highest BCUT2D eigenvalue weighted by atomic mass is 32.2. The second-order valence-corrected chi connectivity index (χ2v) is 9.95. The third-order valence-electron chi connectivity index (χ3n) is 6.12. The molecule has 0 unspecified atom stereocenters. The first-order valence-corrected chi connectivity index (χ1v) is 13.8. The number of carbonyl (C=O) groups is 1. The third kappa shape index (κ3) is 7.82. The largest absolute Gasteiger partial charge is 0.395 e. The first-order chi connectivity index (χ1) is 19.1. The van der Waals surface area contributed by atoms with Crippen molar-refractivity contribution in [2.45, 2.75) is 11.6 Å². The highest BCUT2D eigenvalue weighted by Gasteiger charge is 2.18. The number of rotatable bonds is 13. The molecule has 0 aliphatic carbocycles. The van der Waals surface area contributed by atoms with Crippen molar-refractivity contribution in [3.63, 3.8) is 0 Å². The van der Waals surface area contributed by atoms with E-state index in [1.165, 1.54) is 0 Å². The average molecular weight is 547 g/mol. The Labute approximate surface area is 232 Å². The number of anilines is 1. The van der Waals surface area contributed by atoms with Gasteiger partial charge in [-0.1, -0.05) is 30.0 Å². The maximum Gasteiger partial charge on any atom is 0.351 e. The van der Waals surface area contributed by atoms with Gasteiger partial charge < -0.3 is 20.4 Å². The summed E-state index contributed by atoms with van der Waals surface area (Å²) in [5.74, 6) is 1.24. The van der Waals surface area contributed by atoms with E-state index in [1.807, 2.05) is 95.5 Å². The molecular weight excluding hydrogens is 512 g/mol. The van der Waals surface area contributed by atoms with Crippen molar-refractivity contribution in [2.24, 2.45) is 17.3 Å². The molecule has 3 N–H and O–H groups in total. The number of thioether (sulfide) groups is 1. The standard InChI is InChI=1S/C29H33N6O3S/c1-33-16-5-4-8-29(33)39-21-15-30-28(38)22-35-26-7-3-2-6-23(26)9-14-27(35)32-31-24-10-12-25(13-11-24)34(17-19-36)18-20-37/h2-14,16,36-37H,15,17-22H2,1H3/q+1/p+1. The zero-order chi connectivity index (χ0) is 27.5. The van der Waals surface area contributed by atoms with Crippen LogP contribution in [0.25, 0.3) is 10.9 Å². The zero-order valence-electron chi connectivity index (χ0n) is 22.0. The average Bonchev–Trinajstić information content (AvgIpc) is 2.96. The molecule has 9 nitrogen and oxygen atoms in total. The van der Waals surface area contributed by atoms with Crippen LogP contribution in [0.1, 0.15) is 0 Å². The number of amides is 1. The van der Waals surface area contributed by atoms with Crippen molar-refractivity contribution in [1.29, 1.82) is 0 Å². The van der Waals surface area contributed by atoms with Gasteiger partial charge in [-0.15, -0.1) is 0 Å². The lowest BCUT2D eigenvalue weighted by Gasteiger charge is -2.22. The number of benzene rings is 2. The highest BCUT2D eigenvalue weighted by Crippen LogP contribution is 2.22. The minimum Gasteiger partial charge on any atom is -0.395 e. The first kappa shape index (κ1) is 28.2. The molecule has 2 aromatic carbocycles. The Morgan fingerprint density at radius 1 is 0.923 bits per heavy atom. The molecular formula is C29H34N6O3S+2. The summed E-state index contributed by atoms with van der Waals surface area (Å²) in [5, 5.41) is 32.6. The zero-order valence-corrected chi connectivity index (χ0v) is 22.8. The van der Waals surface area contributed by atoms with Crippen molar-refractivity contribution < 1.29 is 24.1 Å². The minimum atomic E-state index is -0.0944. The van der Waals surface area contributed by atoms with Crippen molar-refractivity contribution in [1.82, 2.24) is 5.32 Å². The Hall–Kier alpha value is -3.86. The maximum absolute atomic E-state index is 12.9. The van der Waals surface area contributed by atoms with E-state index in [0.29, 0.717) is 31.1 Å². The van der Waals surface area contributed by atoms with Gasteiger partial charge in [0.15, 0.2) is 12.7 Å². The van der Waals surface area contributed by atoms with E-state index in [0.717, 1.165) is 27.4 Å². The molecule has 0 fully saturated rings. The highest BCUT2D eigenvalue weighted by molar-refractivity contribution is 7.99. The van der Waals surface area contributed by atoms with E-state index in [9.17, 15) is 15.0 Å². The minimum absolute atomic E-state index is 0.00159. The van der Waals surface area contributed by atoms with Crippen LogP contribution in [0.5, 0.6) is 0 Å². The van der Waals surface area contributed by atoms with Crippen LogP contribution < -0.4 is 19.4 Å². The molecule has 0 aliphatic rings. The molecule has 202 valence electrons. The normalized spacial score (nSPS) is 11.3. The van der Waals surface area contributed by atoms with E-state index < -0.39 is 0 Å². The van der Waals surface area contributed by atoms with E-state index in [-0.39, 0.29) is 25.7 Å². The van der Waals surface area contributed by atoms with Gasteiger partial charge in [0.05, 0.1) is 18.3 Å². The van der Waals surface area contributed by atoms with Crippen LogP contribution in [0.15, 0.2) is 100 Å². The number of hydrogen-bond donors (Lipinski definition) is 3. The van der Waals surface area contributed by atoms with Gasteiger partial charge in [0.2, 0.25) is 5.03 Å². The van der Waals surface area contributed by atoms with Crippen LogP contribution in [0.4, 0.5) is 17.2 Å². The van der Waals surface area contributed by atoms with Gasteiger partial charge in [0.25, 0.3) is 5.91 Å². The SMILES string of the molecule is C[n+]1ccccc1SCCNC(=O)C[n+]1c(/N=N/c2ccc(N(CCO)CCO)cc2)ccc2ccccc21. The lowest BCUT2D eigenvalue weighted by Crippen LogP contribution is -2.44. The fourth-order valence-corrected chi connectivity index (χ4v) is 5.01. The van der Waals surface area contributed by atoms with Crippen molar-refractivity contribution >= 4 is 45.8 Å². The number of pyridine rings is 2. The second kappa shape index (κ2) is 14.3. The summed E-state index contributed by atoms with van der Waals surface area (Å²) in [6.45, 7) is 1.55.